The van der Waals surface area contributed by atoms with Gasteiger partial charge in [-0.3, -0.25) is 4.79 Å². The van der Waals surface area contributed by atoms with Gasteiger partial charge >= 0.3 is 0 Å². The third-order valence-electron chi connectivity index (χ3n) is 2.15. The van der Waals surface area contributed by atoms with Gasteiger partial charge in [-0.2, -0.15) is 0 Å². The number of carbonyl (C=O) groups excluding carboxylic acids is 1. The van der Waals surface area contributed by atoms with Crippen molar-refractivity contribution in [3.63, 3.8) is 0 Å². The molecule has 0 aromatic heterocycles. The van der Waals surface area contributed by atoms with Gasteiger partial charge in [0.25, 0.3) is 0 Å². The molecule has 1 rings (SSSR count). The molecule has 0 saturated heterocycles. The van der Waals surface area contributed by atoms with Gasteiger partial charge < -0.3 is 0 Å². The number of ketones is 1. The second kappa shape index (κ2) is 3.51. The summed E-state index contributed by atoms with van der Waals surface area (Å²) in [5.74, 6) is 0.770. The van der Waals surface area contributed by atoms with Crippen molar-refractivity contribution in [2.24, 2.45) is 5.92 Å². The first-order valence-corrected chi connectivity index (χ1v) is 4.81. The van der Waals surface area contributed by atoms with E-state index in [9.17, 15) is 4.79 Å². The molecule has 1 aliphatic carbocycles. The Kier molecular flexibility index (Phi) is 2.90. The van der Waals surface area contributed by atoms with Gasteiger partial charge in [0.1, 0.15) is 5.78 Å². The van der Waals surface area contributed by atoms with E-state index < -0.39 is 0 Å². The molecule has 1 saturated carbocycles. The largest absolute Gasteiger partial charge is 0.298 e. The summed E-state index contributed by atoms with van der Waals surface area (Å²) in [6, 6.07) is 0. The van der Waals surface area contributed by atoms with Crippen LogP contribution in [0, 0.1) is 5.92 Å². The second-order valence-electron chi connectivity index (χ2n) is 3.00. The molecule has 0 aliphatic heterocycles. The van der Waals surface area contributed by atoms with Crippen molar-refractivity contribution in [3.8, 4) is 0 Å². The minimum absolute atomic E-state index is 0.0654. The van der Waals surface area contributed by atoms with Crippen molar-refractivity contribution in [2.75, 3.05) is 0 Å². The van der Waals surface area contributed by atoms with Crippen LogP contribution in [0.4, 0.5) is 0 Å². The van der Waals surface area contributed by atoms with Crippen LogP contribution in [0.25, 0.3) is 0 Å². The van der Waals surface area contributed by atoms with E-state index in [1.807, 2.05) is 6.92 Å². The number of alkyl halides is 1. The van der Waals surface area contributed by atoms with E-state index in [1.165, 1.54) is 12.8 Å². The molecule has 0 radical (unpaired) electrons. The monoisotopic (exact) mass is 204 g/mol. The molecule has 0 amide bonds. The van der Waals surface area contributed by atoms with E-state index in [2.05, 4.69) is 15.9 Å². The quantitative estimate of drug-likeness (QED) is 0.633. The van der Waals surface area contributed by atoms with Gasteiger partial charge in [-0.05, 0) is 19.8 Å². The minimum Gasteiger partial charge on any atom is -0.298 e. The van der Waals surface area contributed by atoms with Crippen molar-refractivity contribution >= 4 is 21.7 Å². The Morgan fingerprint density at radius 1 is 1.50 bits per heavy atom. The fraction of sp³-hybridized carbons (Fsp3) is 0.875. The lowest BCUT2D eigenvalue weighted by Crippen LogP contribution is -2.18. The molecule has 1 aliphatic rings. The Hall–Kier alpha value is 0.150. The lowest BCUT2D eigenvalue weighted by Gasteiger charge is -2.08. The van der Waals surface area contributed by atoms with Crippen LogP contribution in [0.5, 0.6) is 0 Å². The Morgan fingerprint density at radius 2 is 2.00 bits per heavy atom. The lowest BCUT2D eigenvalue weighted by molar-refractivity contribution is -0.121. The highest BCUT2D eigenvalue weighted by Crippen LogP contribution is 2.27. The van der Waals surface area contributed by atoms with Crippen LogP contribution in [-0.2, 0) is 4.79 Å². The molecule has 1 fully saturated rings. The predicted octanol–water partition coefficient (Wildman–Crippen LogP) is 2.53. The lowest BCUT2D eigenvalue weighted by atomic mass is 10.0. The minimum atomic E-state index is 0.0654. The zero-order valence-electron chi connectivity index (χ0n) is 6.27. The van der Waals surface area contributed by atoms with Crippen LogP contribution in [-0.4, -0.2) is 10.6 Å². The fourth-order valence-electron chi connectivity index (χ4n) is 1.54. The van der Waals surface area contributed by atoms with Gasteiger partial charge in [0.2, 0.25) is 0 Å². The number of hydrogen-bond acceptors (Lipinski definition) is 1. The SMILES string of the molecule is CC(Br)C(=O)C1CCCC1. The van der Waals surface area contributed by atoms with Gasteiger partial charge in [-0.25, -0.2) is 0 Å². The molecule has 1 atom stereocenters. The highest BCUT2D eigenvalue weighted by atomic mass is 79.9. The van der Waals surface area contributed by atoms with Crippen LogP contribution >= 0.6 is 15.9 Å². The van der Waals surface area contributed by atoms with Gasteiger partial charge in [-0.15, -0.1) is 0 Å². The highest BCUT2D eigenvalue weighted by Gasteiger charge is 2.24. The number of hydrogen-bond donors (Lipinski definition) is 0. The average molecular weight is 205 g/mol. The number of rotatable bonds is 2. The van der Waals surface area contributed by atoms with E-state index in [0.29, 0.717) is 11.7 Å². The van der Waals surface area contributed by atoms with Crippen LogP contribution in [0.3, 0.4) is 0 Å². The number of Topliss-reactive ketones (excluding diaryl/α,β-unsaturated/α-hetero) is 1. The van der Waals surface area contributed by atoms with Crippen LogP contribution in [0.1, 0.15) is 32.6 Å². The molecule has 0 aromatic rings. The molecule has 10 heavy (non-hydrogen) atoms. The number of halogens is 1. The van der Waals surface area contributed by atoms with Crippen molar-refractivity contribution in [1.29, 1.82) is 0 Å². The maximum atomic E-state index is 11.3. The van der Waals surface area contributed by atoms with Crippen LogP contribution in [0.2, 0.25) is 0 Å². The first-order valence-electron chi connectivity index (χ1n) is 3.89. The van der Waals surface area contributed by atoms with Crippen molar-refractivity contribution < 1.29 is 4.79 Å². The molecular weight excluding hydrogens is 192 g/mol. The number of carbonyl (C=O) groups is 1. The summed E-state index contributed by atoms with van der Waals surface area (Å²) in [5, 5.41) is 0. The first-order chi connectivity index (χ1) is 4.72. The van der Waals surface area contributed by atoms with E-state index in [1.54, 1.807) is 0 Å². The molecule has 0 bridgehead atoms. The summed E-state index contributed by atoms with van der Waals surface area (Å²) < 4.78 is 0. The summed E-state index contributed by atoms with van der Waals surface area (Å²) >= 11 is 3.30. The fourth-order valence-corrected chi connectivity index (χ4v) is 1.91. The van der Waals surface area contributed by atoms with E-state index in [-0.39, 0.29) is 4.83 Å². The topological polar surface area (TPSA) is 17.1 Å². The van der Waals surface area contributed by atoms with Gasteiger partial charge in [0.05, 0.1) is 4.83 Å². The maximum absolute atomic E-state index is 11.3. The third-order valence-corrected chi connectivity index (χ3v) is 2.60. The van der Waals surface area contributed by atoms with Crippen molar-refractivity contribution in [1.82, 2.24) is 0 Å². The van der Waals surface area contributed by atoms with Gasteiger partial charge in [-0.1, -0.05) is 28.8 Å². The van der Waals surface area contributed by atoms with Crippen LogP contribution in [0.15, 0.2) is 0 Å². The first kappa shape index (κ1) is 8.25. The van der Waals surface area contributed by atoms with Crippen molar-refractivity contribution in [3.05, 3.63) is 0 Å². The molecule has 0 aromatic carbocycles. The highest BCUT2D eigenvalue weighted by molar-refractivity contribution is 9.10. The third kappa shape index (κ3) is 1.82. The molecule has 1 unspecified atom stereocenters. The molecule has 1 nitrogen and oxygen atoms in total. The summed E-state index contributed by atoms with van der Waals surface area (Å²) in [7, 11) is 0. The Balaban J connectivity index is 2.40. The normalized spacial score (nSPS) is 23.0. The average Bonchev–Trinajstić information content (AvgIpc) is 2.36. The Morgan fingerprint density at radius 3 is 2.40 bits per heavy atom. The molecule has 2 heteroatoms. The molecular formula is C8H13BrO. The van der Waals surface area contributed by atoms with Crippen LogP contribution < -0.4 is 0 Å². The van der Waals surface area contributed by atoms with E-state index in [4.69, 9.17) is 0 Å². The Labute approximate surface area is 70.3 Å². The second-order valence-corrected chi connectivity index (χ2v) is 4.37. The zero-order valence-corrected chi connectivity index (χ0v) is 7.86. The molecule has 0 heterocycles. The molecule has 0 spiro atoms. The summed E-state index contributed by atoms with van der Waals surface area (Å²) in [4.78, 5) is 11.4. The Bertz CT molecular complexity index is 125. The van der Waals surface area contributed by atoms with Gasteiger partial charge in [0.15, 0.2) is 0 Å². The summed E-state index contributed by atoms with van der Waals surface area (Å²) in [5.41, 5.74) is 0. The van der Waals surface area contributed by atoms with Crippen molar-refractivity contribution in [2.45, 2.75) is 37.4 Å². The predicted molar refractivity (Wildman–Crippen MR) is 45.4 cm³/mol. The van der Waals surface area contributed by atoms with E-state index >= 15 is 0 Å². The smallest absolute Gasteiger partial charge is 0.149 e. The molecule has 0 N–H and O–H groups in total. The van der Waals surface area contributed by atoms with E-state index in [0.717, 1.165) is 12.8 Å². The summed E-state index contributed by atoms with van der Waals surface area (Å²) in [6.07, 6.45) is 4.73. The van der Waals surface area contributed by atoms with Gasteiger partial charge in [0, 0.05) is 5.92 Å². The molecule has 58 valence electrons. The summed E-state index contributed by atoms with van der Waals surface area (Å²) in [6.45, 7) is 1.92. The zero-order chi connectivity index (χ0) is 7.56. The standard InChI is InChI=1S/C8H13BrO/c1-6(9)8(10)7-4-2-3-5-7/h6-7H,2-5H2,1H3. The maximum Gasteiger partial charge on any atom is 0.149 e.